The largest absolute Gasteiger partial charge is 0.497 e. The van der Waals surface area contributed by atoms with Gasteiger partial charge in [0.1, 0.15) is 22.2 Å². The van der Waals surface area contributed by atoms with Gasteiger partial charge in [0.2, 0.25) is 10.0 Å². The minimum atomic E-state index is -3.76. The fourth-order valence-electron chi connectivity index (χ4n) is 4.42. The van der Waals surface area contributed by atoms with Crippen molar-refractivity contribution in [1.82, 2.24) is 18.9 Å². The molecule has 12 heteroatoms. The molecule has 0 unspecified atom stereocenters. The van der Waals surface area contributed by atoms with Gasteiger partial charge in [-0.1, -0.05) is 29.8 Å². The molecule has 0 saturated carbocycles. The highest BCUT2D eigenvalue weighted by molar-refractivity contribution is 9.10. The average Bonchev–Trinajstić information content (AvgIpc) is 3.29. The summed E-state index contributed by atoms with van der Waals surface area (Å²) in [4.78, 5) is 4.85. The van der Waals surface area contributed by atoms with Crippen LogP contribution in [0.2, 0.25) is 5.02 Å². The minimum Gasteiger partial charge on any atom is -0.497 e. The summed E-state index contributed by atoms with van der Waals surface area (Å²) in [5, 5.41) is 8.60. The molecule has 2 aromatic carbocycles. The normalized spacial score (nSPS) is 15.1. The Balaban J connectivity index is 1.38. The van der Waals surface area contributed by atoms with E-state index in [9.17, 15) is 8.42 Å². The van der Waals surface area contributed by atoms with E-state index in [1.54, 1.807) is 22.8 Å². The summed E-state index contributed by atoms with van der Waals surface area (Å²) < 4.78 is 41.4. The standard InChI is InChI=1S/C25H25BrClN5O4S/c1-35-17-7-8-22(36-2)23(13-17)37(33,34)31-11-9-16(10-12-31)29-24-14-21(18-5-3-4-6-20(18)27)30-25-19(26)15-28-32(24)25/h3-8,13-16,29H,9-12H2,1-2H3. The number of anilines is 1. The van der Waals surface area contributed by atoms with Crippen LogP contribution in [0.25, 0.3) is 16.9 Å². The number of nitrogens with zero attached hydrogens (tertiary/aromatic N) is 4. The summed E-state index contributed by atoms with van der Waals surface area (Å²) >= 11 is 9.97. The van der Waals surface area contributed by atoms with E-state index in [1.807, 2.05) is 30.3 Å². The Bertz CT molecular complexity index is 1550. The molecule has 9 nitrogen and oxygen atoms in total. The molecule has 194 valence electrons. The van der Waals surface area contributed by atoms with Gasteiger partial charge in [0, 0.05) is 41.9 Å². The smallest absolute Gasteiger partial charge is 0.246 e. The van der Waals surface area contributed by atoms with E-state index in [4.69, 9.17) is 26.1 Å². The molecule has 0 bridgehead atoms. The number of fused-ring (bicyclic) bond motifs is 1. The van der Waals surface area contributed by atoms with E-state index >= 15 is 0 Å². The van der Waals surface area contributed by atoms with Crippen LogP contribution in [0.1, 0.15) is 12.8 Å². The van der Waals surface area contributed by atoms with Crippen LogP contribution in [0.3, 0.4) is 0 Å². The van der Waals surface area contributed by atoms with Crippen molar-refractivity contribution in [1.29, 1.82) is 0 Å². The number of rotatable bonds is 7. The first-order valence-electron chi connectivity index (χ1n) is 11.6. The van der Waals surface area contributed by atoms with Crippen LogP contribution in [0.4, 0.5) is 5.82 Å². The summed E-state index contributed by atoms with van der Waals surface area (Å²) in [5.74, 6) is 1.50. The number of hydrogen-bond donors (Lipinski definition) is 1. The maximum atomic E-state index is 13.4. The monoisotopic (exact) mass is 605 g/mol. The number of methoxy groups -OCH3 is 2. The van der Waals surface area contributed by atoms with Crippen molar-refractivity contribution in [3.63, 3.8) is 0 Å². The highest BCUT2D eigenvalue weighted by atomic mass is 79.9. The Morgan fingerprint density at radius 3 is 2.54 bits per heavy atom. The fraction of sp³-hybridized carbons (Fsp3) is 0.280. The third kappa shape index (κ3) is 5.00. The Morgan fingerprint density at radius 1 is 1.08 bits per heavy atom. The molecule has 1 aliphatic heterocycles. The van der Waals surface area contributed by atoms with Crippen molar-refractivity contribution in [2.24, 2.45) is 0 Å². The van der Waals surface area contributed by atoms with Crippen LogP contribution in [0.5, 0.6) is 11.5 Å². The molecule has 3 heterocycles. The molecule has 0 spiro atoms. The molecule has 1 saturated heterocycles. The minimum absolute atomic E-state index is 0.0336. The van der Waals surface area contributed by atoms with Gasteiger partial charge in [-0.3, -0.25) is 0 Å². The number of aromatic nitrogens is 3. The quantitative estimate of drug-likeness (QED) is 0.313. The number of benzene rings is 2. The molecule has 0 amide bonds. The number of halogens is 2. The third-order valence-electron chi connectivity index (χ3n) is 6.37. The zero-order valence-electron chi connectivity index (χ0n) is 20.2. The van der Waals surface area contributed by atoms with Gasteiger partial charge in [-0.2, -0.15) is 13.9 Å². The summed E-state index contributed by atoms with van der Waals surface area (Å²) in [6, 6.07) is 14.3. The number of piperidine rings is 1. The molecule has 5 rings (SSSR count). The zero-order chi connectivity index (χ0) is 26.2. The second-order valence-corrected chi connectivity index (χ2v) is 11.7. The zero-order valence-corrected chi connectivity index (χ0v) is 23.3. The second kappa shape index (κ2) is 10.5. The van der Waals surface area contributed by atoms with Crippen LogP contribution >= 0.6 is 27.5 Å². The lowest BCUT2D eigenvalue weighted by molar-refractivity contribution is 0.326. The SMILES string of the molecule is COc1ccc(OC)c(S(=O)(=O)N2CCC(Nc3cc(-c4ccccc4Cl)nc4c(Br)cnn34)CC2)c1. The predicted octanol–water partition coefficient (Wildman–Crippen LogP) is 5.09. The number of hydrogen-bond acceptors (Lipinski definition) is 7. The van der Waals surface area contributed by atoms with E-state index in [0.29, 0.717) is 48.0 Å². The highest BCUT2D eigenvalue weighted by Gasteiger charge is 2.32. The molecular weight excluding hydrogens is 582 g/mol. The van der Waals surface area contributed by atoms with Gasteiger partial charge >= 0.3 is 0 Å². The number of ether oxygens (including phenoxy) is 2. The highest BCUT2D eigenvalue weighted by Crippen LogP contribution is 2.33. The number of nitrogens with one attached hydrogen (secondary N) is 1. The number of sulfonamides is 1. The topological polar surface area (TPSA) is 98.1 Å². The average molecular weight is 607 g/mol. The summed E-state index contributed by atoms with van der Waals surface area (Å²) in [6.45, 7) is 0.712. The van der Waals surface area contributed by atoms with Crippen molar-refractivity contribution in [2.45, 2.75) is 23.8 Å². The van der Waals surface area contributed by atoms with Crippen molar-refractivity contribution in [2.75, 3.05) is 32.6 Å². The van der Waals surface area contributed by atoms with Gasteiger partial charge < -0.3 is 14.8 Å². The van der Waals surface area contributed by atoms with E-state index in [0.717, 1.165) is 15.9 Å². The van der Waals surface area contributed by atoms with Gasteiger partial charge in [0.05, 0.1) is 30.6 Å². The van der Waals surface area contributed by atoms with E-state index < -0.39 is 10.0 Å². The van der Waals surface area contributed by atoms with E-state index in [1.165, 1.54) is 24.6 Å². The van der Waals surface area contributed by atoms with Gasteiger partial charge in [-0.15, -0.1) is 0 Å². The van der Waals surface area contributed by atoms with Gasteiger partial charge in [-0.05, 0) is 47.0 Å². The van der Waals surface area contributed by atoms with E-state index in [2.05, 4.69) is 26.3 Å². The molecule has 0 atom stereocenters. The van der Waals surface area contributed by atoms with Crippen molar-refractivity contribution in [3.8, 4) is 22.8 Å². The lowest BCUT2D eigenvalue weighted by Crippen LogP contribution is -2.42. The molecule has 0 aliphatic carbocycles. The third-order valence-corrected chi connectivity index (χ3v) is 9.18. The summed E-state index contributed by atoms with van der Waals surface area (Å²) in [5.41, 5.74) is 2.19. The van der Waals surface area contributed by atoms with Gasteiger partial charge in [0.25, 0.3) is 0 Å². The Hall–Kier alpha value is -2.86. The van der Waals surface area contributed by atoms with Crippen LogP contribution in [-0.4, -0.2) is 60.7 Å². The maximum absolute atomic E-state index is 13.4. The molecule has 37 heavy (non-hydrogen) atoms. The second-order valence-electron chi connectivity index (χ2n) is 8.57. The van der Waals surface area contributed by atoms with Crippen molar-refractivity contribution < 1.29 is 17.9 Å². The Kier molecular flexibility index (Phi) is 7.30. The predicted molar refractivity (Wildman–Crippen MR) is 146 cm³/mol. The molecule has 1 aliphatic rings. The van der Waals surface area contributed by atoms with Gasteiger partial charge in [0.15, 0.2) is 5.65 Å². The molecule has 2 aromatic heterocycles. The molecule has 1 N–H and O–H groups in total. The fourth-order valence-corrected chi connectivity index (χ4v) is 6.64. The Morgan fingerprint density at radius 2 is 1.84 bits per heavy atom. The van der Waals surface area contributed by atoms with Crippen molar-refractivity contribution >= 4 is 49.0 Å². The first-order chi connectivity index (χ1) is 17.8. The van der Waals surface area contributed by atoms with Crippen LogP contribution in [0.15, 0.2) is 64.1 Å². The lowest BCUT2D eigenvalue weighted by atomic mass is 10.1. The van der Waals surface area contributed by atoms with Gasteiger partial charge in [-0.25, -0.2) is 13.4 Å². The van der Waals surface area contributed by atoms with Crippen molar-refractivity contribution in [3.05, 3.63) is 64.2 Å². The van der Waals surface area contributed by atoms with Crippen LogP contribution in [0, 0.1) is 0 Å². The summed E-state index contributed by atoms with van der Waals surface area (Å²) in [7, 11) is -0.804. The first kappa shape index (κ1) is 25.8. The Labute approximate surface area is 228 Å². The summed E-state index contributed by atoms with van der Waals surface area (Å²) in [6.07, 6.45) is 2.92. The molecule has 0 radical (unpaired) electrons. The molecular formula is C25H25BrClN5O4S. The van der Waals surface area contributed by atoms with Crippen LogP contribution in [-0.2, 0) is 10.0 Å². The molecule has 4 aromatic rings. The van der Waals surface area contributed by atoms with Crippen LogP contribution < -0.4 is 14.8 Å². The first-order valence-corrected chi connectivity index (χ1v) is 14.2. The van der Waals surface area contributed by atoms with E-state index in [-0.39, 0.29) is 16.7 Å². The molecule has 1 fully saturated rings. The maximum Gasteiger partial charge on any atom is 0.246 e. The lowest BCUT2D eigenvalue weighted by Gasteiger charge is -2.32.